The summed E-state index contributed by atoms with van der Waals surface area (Å²) in [6.07, 6.45) is 8.76. The van der Waals surface area contributed by atoms with Crippen molar-refractivity contribution >= 4 is 0 Å². The quantitative estimate of drug-likeness (QED) is 0.565. The molecule has 0 radical (unpaired) electrons. The van der Waals surface area contributed by atoms with E-state index in [0.29, 0.717) is 0 Å². The molecular formula is C15H22. The van der Waals surface area contributed by atoms with Crippen LogP contribution in [0.4, 0.5) is 0 Å². The standard InChI is InChI=1S/C15H22/c1-4-5-14-12(3)7-8-13-10-11(2)6-9-15(13)14/h13H,2-10H2,1H3. The van der Waals surface area contributed by atoms with Crippen molar-refractivity contribution in [1.29, 1.82) is 0 Å². The molecule has 0 saturated heterocycles. The molecule has 2 aliphatic carbocycles. The molecule has 1 saturated carbocycles. The Hall–Kier alpha value is -0.780. The van der Waals surface area contributed by atoms with Gasteiger partial charge in [0.05, 0.1) is 0 Å². The highest BCUT2D eigenvalue weighted by Gasteiger charge is 2.27. The average Bonchev–Trinajstić information content (AvgIpc) is 2.22. The molecular weight excluding hydrogens is 180 g/mol. The highest BCUT2D eigenvalue weighted by atomic mass is 14.3. The Morgan fingerprint density at radius 1 is 1.20 bits per heavy atom. The third-order valence-corrected chi connectivity index (χ3v) is 3.88. The lowest BCUT2D eigenvalue weighted by Crippen LogP contribution is -2.18. The smallest absolute Gasteiger partial charge is 0.0157 e. The summed E-state index contributed by atoms with van der Waals surface area (Å²) in [7, 11) is 0. The Morgan fingerprint density at radius 3 is 2.73 bits per heavy atom. The molecule has 0 spiro atoms. The molecule has 2 aliphatic rings. The Balaban J connectivity index is 2.27. The summed E-state index contributed by atoms with van der Waals surface area (Å²) in [5, 5.41) is 0. The summed E-state index contributed by atoms with van der Waals surface area (Å²) < 4.78 is 0. The number of fused-ring (bicyclic) bond motifs is 1. The Labute approximate surface area is 93.8 Å². The molecule has 0 heterocycles. The minimum Gasteiger partial charge on any atom is -0.0998 e. The van der Waals surface area contributed by atoms with Crippen molar-refractivity contribution in [2.24, 2.45) is 5.92 Å². The van der Waals surface area contributed by atoms with Gasteiger partial charge < -0.3 is 0 Å². The molecule has 1 fully saturated rings. The van der Waals surface area contributed by atoms with Crippen molar-refractivity contribution in [2.75, 3.05) is 0 Å². The molecule has 0 aromatic carbocycles. The van der Waals surface area contributed by atoms with E-state index in [2.05, 4.69) is 20.1 Å². The number of rotatable bonds is 2. The Kier molecular flexibility index (Phi) is 3.14. The molecule has 0 aromatic rings. The maximum absolute atomic E-state index is 4.24. The van der Waals surface area contributed by atoms with Crippen LogP contribution in [0.15, 0.2) is 35.5 Å². The van der Waals surface area contributed by atoms with Gasteiger partial charge in [0.15, 0.2) is 0 Å². The second kappa shape index (κ2) is 4.38. The fraction of sp³-hybridized carbons (Fsp3) is 0.600. The van der Waals surface area contributed by atoms with E-state index in [9.17, 15) is 0 Å². The van der Waals surface area contributed by atoms with E-state index >= 15 is 0 Å². The molecule has 0 heteroatoms. The normalized spacial score (nSPS) is 26.9. The van der Waals surface area contributed by atoms with E-state index in [4.69, 9.17) is 0 Å². The summed E-state index contributed by atoms with van der Waals surface area (Å²) in [6.45, 7) is 10.7. The first-order valence-electron chi connectivity index (χ1n) is 6.29. The van der Waals surface area contributed by atoms with E-state index in [-0.39, 0.29) is 0 Å². The van der Waals surface area contributed by atoms with E-state index in [1.807, 2.05) is 0 Å². The van der Waals surface area contributed by atoms with Crippen LogP contribution in [0.5, 0.6) is 0 Å². The zero-order valence-corrected chi connectivity index (χ0v) is 9.94. The summed E-state index contributed by atoms with van der Waals surface area (Å²) in [5.41, 5.74) is 6.25. The maximum Gasteiger partial charge on any atom is -0.0157 e. The lowest BCUT2D eigenvalue weighted by atomic mass is 9.71. The van der Waals surface area contributed by atoms with Crippen LogP contribution in [0.3, 0.4) is 0 Å². The van der Waals surface area contributed by atoms with Crippen molar-refractivity contribution in [3.05, 3.63) is 35.5 Å². The van der Waals surface area contributed by atoms with Gasteiger partial charge in [0.25, 0.3) is 0 Å². The Bertz CT molecular complexity index is 317. The minimum absolute atomic E-state index is 0.818. The van der Waals surface area contributed by atoms with Gasteiger partial charge >= 0.3 is 0 Å². The molecule has 1 unspecified atom stereocenters. The van der Waals surface area contributed by atoms with Crippen molar-refractivity contribution in [3.8, 4) is 0 Å². The van der Waals surface area contributed by atoms with Gasteiger partial charge in [0.2, 0.25) is 0 Å². The summed E-state index contributed by atoms with van der Waals surface area (Å²) in [5.74, 6) is 0.818. The average molecular weight is 202 g/mol. The Morgan fingerprint density at radius 2 is 2.00 bits per heavy atom. The molecule has 0 amide bonds. The molecule has 82 valence electrons. The van der Waals surface area contributed by atoms with Crippen LogP contribution in [0.1, 0.15) is 51.9 Å². The third kappa shape index (κ3) is 2.09. The van der Waals surface area contributed by atoms with Crippen molar-refractivity contribution < 1.29 is 0 Å². The highest BCUT2D eigenvalue weighted by Crippen LogP contribution is 2.44. The van der Waals surface area contributed by atoms with Gasteiger partial charge in [-0.1, -0.05) is 43.2 Å². The SMILES string of the molecule is C=C1CCC2=C(CCC)C(=C)CCC2C1. The van der Waals surface area contributed by atoms with E-state index in [1.54, 1.807) is 11.1 Å². The van der Waals surface area contributed by atoms with Crippen LogP contribution in [0.2, 0.25) is 0 Å². The van der Waals surface area contributed by atoms with Gasteiger partial charge in [-0.3, -0.25) is 0 Å². The van der Waals surface area contributed by atoms with Crippen molar-refractivity contribution in [1.82, 2.24) is 0 Å². The lowest BCUT2D eigenvalue weighted by molar-refractivity contribution is 0.469. The summed E-state index contributed by atoms with van der Waals surface area (Å²) >= 11 is 0. The number of hydrogen-bond donors (Lipinski definition) is 0. The van der Waals surface area contributed by atoms with Gasteiger partial charge in [0.1, 0.15) is 0 Å². The molecule has 0 bridgehead atoms. The molecule has 2 rings (SSSR count). The minimum atomic E-state index is 0.818. The molecule has 15 heavy (non-hydrogen) atoms. The second-order valence-electron chi connectivity index (χ2n) is 5.05. The maximum atomic E-state index is 4.24. The van der Waals surface area contributed by atoms with Crippen LogP contribution in [0, 0.1) is 5.92 Å². The summed E-state index contributed by atoms with van der Waals surface area (Å²) in [6, 6.07) is 0. The van der Waals surface area contributed by atoms with Gasteiger partial charge in [-0.25, -0.2) is 0 Å². The first-order chi connectivity index (χ1) is 7.22. The zero-order chi connectivity index (χ0) is 10.8. The summed E-state index contributed by atoms with van der Waals surface area (Å²) in [4.78, 5) is 0. The van der Waals surface area contributed by atoms with Gasteiger partial charge in [-0.15, -0.1) is 0 Å². The fourth-order valence-electron chi connectivity index (χ4n) is 3.08. The van der Waals surface area contributed by atoms with Gasteiger partial charge in [-0.2, -0.15) is 0 Å². The molecule has 1 atom stereocenters. The molecule has 0 aliphatic heterocycles. The van der Waals surface area contributed by atoms with Gasteiger partial charge in [0, 0.05) is 0 Å². The monoisotopic (exact) mass is 202 g/mol. The van der Waals surface area contributed by atoms with E-state index < -0.39 is 0 Å². The van der Waals surface area contributed by atoms with Crippen molar-refractivity contribution in [3.63, 3.8) is 0 Å². The fourth-order valence-corrected chi connectivity index (χ4v) is 3.08. The largest absolute Gasteiger partial charge is 0.0998 e. The predicted octanol–water partition coefficient (Wildman–Crippen LogP) is 4.79. The zero-order valence-electron chi connectivity index (χ0n) is 9.94. The van der Waals surface area contributed by atoms with Crippen LogP contribution in [-0.2, 0) is 0 Å². The van der Waals surface area contributed by atoms with Crippen LogP contribution >= 0.6 is 0 Å². The molecule has 0 N–H and O–H groups in total. The van der Waals surface area contributed by atoms with E-state index in [1.165, 1.54) is 56.1 Å². The lowest BCUT2D eigenvalue weighted by Gasteiger charge is -2.34. The number of hydrogen-bond acceptors (Lipinski definition) is 0. The number of allylic oxidation sites excluding steroid dienone is 4. The van der Waals surface area contributed by atoms with Crippen LogP contribution in [-0.4, -0.2) is 0 Å². The van der Waals surface area contributed by atoms with Crippen LogP contribution < -0.4 is 0 Å². The van der Waals surface area contributed by atoms with Crippen LogP contribution in [0.25, 0.3) is 0 Å². The second-order valence-corrected chi connectivity index (χ2v) is 5.05. The topological polar surface area (TPSA) is 0 Å². The van der Waals surface area contributed by atoms with E-state index in [0.717, 1.165) is 5.92 Å². The molecule has 0 nitrogen and oxygen atoms in total. The first-order valence-corrected chi connectivity index (χ1v) is 6.29. The van der Waals surface area contributed by atoms with Crippen molar-refractivity contribution in [2.45, 2.75) is 51.9 Å². The highest BCUT2D eigenvalue weighted by molar-refractivity contribution is 5.39. The first kappa shape index (κ1) is 10.7. The molecule has 0 aromatic heterocycles. The van der Waals surface area contributed by atoms with Gasteiger partial charge in [-0.05, 0) is 50.0 Å². The predicted molar refractivity (Wildman–Crippen MR) is 66.8 cm³/mol. The third-order valence-electron chi connectivity index (χ3n) is 3.88.